The summed E-state index contributed by atoms with van der Waals surface area (Å²) in [5, 5.41) is 11.9. The Labute approximate surface area is 139 Å². The molecule has 1 aromatic heterocycles. The zero-order chi connectivity index (χ0) is 16.9. The highest BCUT2D eigenvalue weighted by molar-refractivity contribution is 5.94. The van der Waals surface area contributed by atoms with E-state index in [-0.39, 0.29) is 17.6 Å². The van der Waals surface area contributed by atoms with Gasteiger partial charge in [-0.3, -0.25) is 4.79 Å². The zero-order valence-corrected chi connectivity index (χ0v) is 13.1. The number of piperidine rings is 1. The van der Waals surface area contributed by atoms with Crippen molar-refractivity contribution < 1.29 is 14.7 Å². The molecule has 1 aliphatic heterocycles. The molecule has 2 aromatic rings. The molecule has 0 radical (unpaired) electrons. The minimum absolute atomic E-state index is 0.0559. The number of aromatic nitrogens is 2. The van der Waals surface area contributed by atoms with Crippen LogP contribution in [-0.2, 0) is 0 Å². The molecule has 0 unspecified atom stereocenters. The van der Waals surface area contributed by atoms with Gasteiger partial charge < -0.3 is 15.3 Å². The van der Waals surface area contributed by atoms with E-state index >= 15 is 0 Å². The van der Waals surface area contributed by atoms with Crippen molar-refractivity contribution in [2.24, 2.45) is 0 Å². The summed E-state index contributed by atoms with van der Waals surface area (Å²) in [6.45, 7) is 1.47. The van der Waals surface area contributed by atoms with Crippen LogP contribution in [0.1, 0.15) is 33.7 Å². The zero-order valence-electron chi connectivity index (χ0n) is 13.1. The van der Waals surface area contributed by atoms with Crippen LogP contribution in [0.15, 0.2) is 42.7 Å². The van der Waals surface area contributed by atoms with E-state index in [0.29, 0.717) is 11.4 Å². The summed E-state index contributed by atoms with van der Waals surface area (Å²) in [5.74, 6) is -0.483. The van der Waals surface area contributed by atoms with Crippen LogP contribution in [0, 0.1) is 0 Å². The lowest BCUT2D eigenvalue weighted by Crippen LogP contribution is -2.45. The molecule has 1 fully saturated rings. The Morgan fingerprint density at radius 2 is 1.79 bits per heavy atom. The second kappa shape index (κ2) is 7.08. The lowest BCUT2D eigenvalue weighted by molar-refractivity contribution is 0.0689. The van der Waals surface area contributed by atoms with E-state index in [1.807, 2.05) is 23.1 Å². The molecule has 0 atom stereocenters. The quantitative estimate of drug-likeness (QED) is 0.885. The Balaban J connectivity index is 1.54. The Kier molecular flexibility index (Phi) is 4.69. The van der Waals surface area contributed by atoms with E-state index in [0.717, 1.165) is 25.9 Å². The third-order valence-electron chi connectivity index (χ3n) is 4.05. The maximum absolute atomic E-state index is 12.2. The van der Waals surface area contributed by atoms with Crippen LogP contribution in [0.5, 0.6) is 0 Å². The summed E-state index contributed by atoms with van der Waals surface area (Å²) in [5.41, 5.74) is 0.596. The number of nitrogens with one attached hydrogen (secondary N) is 1. The molecule has 0 saturated carbocycles. The van der Waals surface area contributed by atoms with Gasteiger partial charge in [0.15, 0.2) is 5.69 Å². The van der Waals surface area contributed by atoms with Gasteiger partial charge in [-0.1, -0.05) is 18.2 Å². The summed E-state index contributed by atoms with van der Waals surface area (Å²) < 4.78 is 0. The number of anilines is 1. The fourth-order valence-electron chi connectivity index (χ4n) is 2.71. The highest BCUT2D eigenvalue weighted by atomic mass is 16.4. The molecule has 0 spiro atoms. The molecule has 0 aliphatic carbocycles. The third kappa shape index (κ3) is 3.68. The molecule has 1 amide bonds. The fraction of sp³-hybridized carbons (Fsp3) is 0.294. The van der Waals surface area contributed by atoms with Crippen molar-refractivity contribution in [3.63, 3.8) is 0 Å². The van der Waals surface area contributed by atoms with Crippen molar-refractivity contribution in [2.45, 2.75) is 18.9 Å². The number of amides is 1. The summed E-state index contributed by atoms with van der Waals surface area (Å²) in [6, 6.07) is 9.29. The SMILES string of the molecule is O=C(NC1CCN(c2cnc(C(=O)O)cn2)CC1)c1ccccc1. The number of hydrogen-bond donors (Lipinski definition) is 2. The van der Waals surface area contributed by atoms with Gasteiger partial charge in [-0.15, -0.1) is 0 Å². The first kappa shape index (κ1) is 15.9. The average Bonchev–Trinajstić information content (AvgIpc) is 2.63. The van der Waals surface area contributed by atoms with E-state index in [1.54, 1.807) is 12.1 Å². The molecular formula is C17H18N4O3. The molecule has 3 rings (SSSR count). The molecule has 2 N–H and O–H groups in total. The molecule has 7 heteroatoms. The Morgan fingerprint density at radius 1 is 1.08 bits per heavy atom. The number of carbonyl (C=O) groups excluding carboxylic acids is 1. The molecule has 24 heavy (non-hydrogen) atoms. The number of carbonyl (C=O) groups is 2. The molecule has 1 aromatic carbocycles. The molecular weight excluding hydrogens is 308 g/mol. The van der Waals surface area contributed by atoms with Gasteiger partial charge >= 0.3 is 5.97 Å². The Hall–Kier alpha value is -2.96. The molecule has 1 saturated heterocycles. The van der Waals surface area contributed by atoms with Gasteiger partial charge in [0.2, 0.25) is 0 Å². The van der Waals surface area contributed by atoms with Gasteiger partial charge in [-0.05, 0) is 25.0 Å². The van der Waals surface area contributed by atoms with Gasteiger partial charge in [0.25, 0.3) is 5.91 Å². The summed E-state index contributed by atoms with van der Waals surface area (Å²) >= 11 is 0. The Bertz CT molecular complexity index is 710. The summed E-state index contributed by atoms with van der Waals surface area (Å²) in [4.78, 5) is 33.0. The van der Waals surface area contributed by atoms with Crippen molar-refractivity contribution in [1.29, 1.82) is 0 Å². The van der Waals surface area contributed by atoms with Crippen LogP contribution in [0.4, 0.5) is 5.82 Å². The number of hydrogen-bond acceptors (Lipinski definition) is 5. The Morgan fingerprint density at radius 3 is 2.38 bits per heavy atom. The third-order valence-corrected chi connectivity index (χ3v) is 4.05. The second-order valence-corrected chi connectivity index (χ2v) is 5.67. The maximum Gasteiger partial charge on any atom is 0.356 e. The number of benzene rings is 1. The molecule has 2 heterocycles. The van der Waals surface area contributed by atoms with Gasteiger partial charge in [-0.2, -0.15) is 0 Å². The fourth-order valence-corrected chi connectivity index (χ4v) is 2.71. The smallest absolute Gasteiger partial charge is 0.356 e. The van der Waals surface area contributed by atoms with E-state index in [9.17, 15) is 9.59 Å². The van der Waals surface area contributed by atoms with Gasteiger partial charge in [-0.25, -0.2) is 14.8 Å². The largest absolute Gasteiger partial charge is 0.476 e. The lowest BCUT2D eigenvalue weighted by atomic mass is 10.0. The number of nitrogens with zero attached hydrogens (tertiary/aromatic N) is 3. The monoisotopic (exact) mass is 326 g/mol. The van der Waals surface area contributed by atoms with Crippen LogP contribution in [0.2, 0.25) is 0 Å². The molecule has 124 valence electrons. The minimum atomic E-state index is -1.09. The van der Waals surface area contributed by atoms with Crippen LogP contribution in [0.3, 0.4) is 0 Å². The number of aromatic carboxylic acids is 1. The topological polar surface area (TPSA) is 95.4 Å². The van der Waals surface area contributed by atoms with Crippen LogP contribution in [0.25, 0.3) is 0 Å². The number of carboxylic acids is 1. The summed E-state index contributed by atoms with van der Waals surface area (Å²) in [7, 11) is 0. The predicted molar refractivity (Wildman–Crippen MR) is 88.1 cm³/mol. The first-order chi connectivity index (χ1) is 11.6. The first-order valence-corrected chi connectivity index (χ1v) is 7.79. The van der Waals surface area contributed by atoms with E-state index in [4.69, 9.17) is 5.11 Å². The van der Waals surface area contributed by atoms with Crippen molar-refractivity contribution in [2.75, 3.05) is 18.0 Å². The second-order valence-electron chi connectivity index (χ2n) is 5.67. The van der Waals surface area contributed by atoms with Crippen LogP contribution >= 0.6 is 0 Å². The first-order valence-electron chi connectivity index (χ1n) is 7.79. The van der Waals surface area contributed by atoms with Crippen LogP contribution < -0.4 is 10.2 Å². The van der Waals surface area contributed by atoms with E-state index < -0.39 is 5.97 Å². The van der Waals surface area contributed by atoms with Gasteiger partial charge in [0, 0.05) is 24.7 Å². The maximum atomic E-state index is 12.2. The van der Waals surface area contributed by atoms with Crippen molar-refractivity contribution >= 4 is 17.7 Å². The minimum Gasteiger partial charge on any atom is -0.476 e. The molecule has 0 bridgehead atoms. The number of carboxylic acid groups (broad SMARTS) is 1. The molecule has 7 nitrogen and oxygen atoms in total. The van der Waals surface area contributed by atoms with Crippen LogP contribution in [-0.4, -0.2) is 46.1 Å². The van der Waals surface area contributed by atoms with Crippen molar-refractivity contribution in [3.8, 4) is 0 Å². The van der Waals surface area contributed by atoms with Crippen molar-refractivity contribution in [3.05, 3.63) is 54.0 Å². The van der Waals surface area contributed by atoms with E-state index in [2.05, 4.69) is 15.3 Å². The van der Waals surface area contributed by atoms with E-state index in [1.165, 1.54) is 12.4 Å². The predicted octanol–water partition coefficient (Wildman–Crippen LogP) is 1.57. The summed E-state index contributed by atoms with van der Waals surface area (Å²) in [6.07, 6.45) is 4.36. The van der Waals surface area contributed by atoms with Crippen molar-refractivity contribution in [1.82, 2.24) is 15.3 Å². The van der Waals surface area contributed by atoms with Gasteiger partial charge in [0.05, 0.1) is 12.4 Å². The van der Waals surface area contributed by atoms with Gasteiger partial charge in [0.1, 0.15) is 5.82 Å². The normalized spacial score (nSPS) is 15.1. The highest BCUT2D eigenvalue weighted by Crippen LogP contribution is 2.17. The number of rotatable bonds is 4. The highest BCUT2D eigenvalue weighted by Gasteiger charge is 2.22. The standard InChI is InChI=1S/C17H18N4O3/c22-16(12-4-2-1-3-5-12)20-13-6-8-21(9-7-13)15-11-18-14(10-19-15)17(23)24/h1-5,10-11,13H,6-9H2,(H,20,22)(H,23,24). The lowest BCUT2D eigenvalue weighted by Gasteiger charge is -2.33. The average molecular weight is 326 g/mol. The molecule has 1 aliphatic rings.